The van der Waals surface area contributed by atoms with Gasteiger partial charge in [-0.05, 0) is 67.8 Å². The standard InChI is InChI=1S/C19H25NO3/c1-14-4-6-17(12-15(14)2)22-10-11-23-19-13-16(8-9-20)5-7-18(19)21-3/h4-7,12-13H,8-11,20H2,1-3H3. The van der Waals surface area contributed by atoms with Crippen molar-refractivity contribution in [2.24, 2.45) is 5.73 Å². The van der Waals surface area contributed by atoms with Crippen LogP contribution in [0.4, 0.5) is 0 Å². The van der Waals surface area contributed by atoms with E-state index < -0.39 is 0 Å². The summed E-state index contributed by atoms with van der Waals surface area (Å²) in [5.74, 6) is 2.31. The fourth-order valence-corrected chi connectivity index (χ4v) is 2.27. The van der Waals surface area contributed by atoms with E-state index in [2.05, 4.69) is 19.9 Å². The lowest BCUT2D eigenvalue weighted by atomic mass is 10.1. The second-order valence-corrected chi connectivity index (χ2v) is 5.47. The molecule has 0 bridgehead atoms. The van der Waals surface area contributed by atoms with E-state index in [0.29, 0.717) is 19.8 Å². The molecule has 4 heteroatoms. The van der Waals surface area contributed by atoms with Crippen LogP contribution in [0.5, 0.6) is 17.2 Å². The topological polar surface area (TPSA) is 53.7 Å². The molecular weight excluding hydrogens is 290 g/mol. The summed E-state index contributed by atoms with van der Waals surface area (Å²) < 4.78 is 16.9. The molecule has 0 atom stereocenters. The lowest BCUT2D eigenvalue weighted by molar-refractivity contribution is 0.211. The van der Waals surface area contributed by atoms with E-state index in [4.69, 9.17) is 19.9 Å². The van der Waals surface area contributed by atoms with Crippen molar-refractivity contribution >= 4 is 0 Å². The molecule has 0 aliphatic rings. The largest absolute Gasteiger partial charge is 0.493 e. The molecule has 0 amide bonds. The quantitative estimate of drug-likeness (QED) is 0.760. The van der Waals surface area contributed by atoms with Crippen molar-refractivity contribution in [1.29, 1.82) is 0 Å². The molecule has 0 aliphatic heterocycles. The van der Waals surface area contributed by atoms with Crippen molar-refractivity contribution in [2.45, 2.75) is 20.3 Å². The maximum Gasteiger partial charge on any atom is 0.161 e. The molecule has 0 spiro atoms. The van der Waals surface area contributed by atoms with Gasteiger partial charge in [-0.1, -0.05) is 12.1 Å². The minimum atomic E-state index is 0.454. The highest BCUT2D eigenvalue weighted by molar-refractivity contribution is 5.43. The van der Waals surface area contributed by atoms with E-state index in [1.54, 1.807) is 7.11 Å². The molecule has 4 nitrogen and oxygen atoms in total. The zero-order valence-electron chi connectivity index (χ0n) is 14.1. The molecule has 0 aliphatic carbocycles. The highest BCUT2D eigenvalue weighted by Gasteiger charge is 2.06. The van der Waals surface area contributed by atoms with Gasteiger partial charge in [0.1, 0.15) is 19.0 Å². The minimum Gasteiger partial charge on any atom is -0.493 e. The van der Waals surface area contributed by atoms with E-state index in [1.165, 1.54) is 11.1 Å². The van der Waals surface area contributed by atoms with E-state index in [1.807, 2.05) is 30.3 Å². The van der Waals surface area contributed by atoms with Gasteiger partial charge in [-0.2, -0.15) is 0 Å². The number of ether oxygens (including phenoxy) is 3. The van der Waals surface area contributed by atoms with Crippen LogP contribution in [0, 0.1) is 13.8 Å². The fraction of sp³-hybridized carbons (Fsp3) is 0.368. The number of hydrogen-bond acceptors (Lipinski definition) is 4. The van der Waals surface area contributed by atoms with Crippen LogP contribution in [-0.2, 0) is 6.42 Å². The Balaban J connectivity index is 1.90. The number of nitrogens with two attached hydrogens (primary N) is 1. The van der Waals surface area contributed by atoms with Gasteiger partial charge in [0.15, 0.2) is 11.5 Å². The number of methoxy groups -OCH3 is 1. The maximum atomic E-state index is 5.80. The first-order valence-corrected chi connectivity index (χ1v) is 7.84. The molecule has 0 fully saturated rings. The summed E-state index contributed by atoms with van der Waals surface area (Å²) in [5, 5.41) is 0. The van der Waals surface area contributed by atoms with Crippen molar-refractivity contribution in [1.82, 2.24) is 0 Å². The molecule has 2 aromatic rings. The van der Waals surface area contributed by atoms with Crippen molar-refractivity contribution in [3.05, 3.63) is 53.1 Å². The third-order valence-electron chi connectivity index (χ3n) is 3.75. The predicted molar refractivity (Wildman–Crippen MR) is 92.7 cm³/mol. The normalized spacial score (nSPS) is 10.4. The minimum absolute atomic E-state index is 0.454. The summed E-state index contributed by atoms with van der Waals surface area (Å²) in [6, 6.07) is 12.0. The first-order chi connectivity index (χ1) is 11.1. The average molecular weight is 315 g/mol. The van der Waals surface area contributed by atoms with Crippen LogP contribution in [0.15, 0.2) is 36.4 Å². The second kappa shape index (κ2) is 8.44. The second-order valence-electron chi connectivity index (χ2n) is 5.47. The summed E-state index contributed by atoms with van der Waals surface area (Å²) in [6.45, 7) is 5.71. The Morgan fingerprint density at radius 3 is 2.35 bits per heavy atom. The maximum absolute atomic E-state index is 5.80. The van der Waals surface area contributed by atoms with Gasteiger partial charge < -0.3 is 19.9 Å². The molecule has 0 aromatic heterocycles. The Hall–Kier alpha value is -2.20. The SMILES string of the molecule is COc1ccc(CCN)cc1OCCOc1ccc(C)c(C)c1. The molecule has 124 valence electrons. The number of benzene rings is 2. The lowest BCUT2D eigenvalue weighted by Crippen LogP contribution is -2.10. The Bertz CT molecular complexity index is 641. The third-order valence-corrected chi connectivity index (χ3v) is 3.75. The smallest absolute Gasteiger partial charge is 0.161 e. The van der Waals surface area contributed by atoms with Gasteiger partial charge in [0, 0.05) is 0 Å². The van der Waals surface area contributed by atoms with Gasteiger partial charge in [0.2, 0.25) is 0 Å². The summed E-state index contributed by atoms with van der Waals surface area (Å²) >= 11 is 0. The van der Waals surface area contributed by atoms with Crippen molar-refractivity contribution in [3.63, 3.8) is 0 Å². The molecule has 0 saturated heterocycles. The Labute approximate surface area is 138 Å². The van der Waals surface area contributed by atoms with Crippen LogP contribution in [0.3, 0.4) is 0 Å². The van der Waals surface area contributed by atoms with Gasteiger partial charge >= 0.3 is 0 Å². The van der Waals surface area contributed by atoms with Crippen LogP contribution < -0.4 is 19.9 Å². The van der Waals surface area contributed by atoms with Crippen molar-refractivity contribution in [3.8, 4) is 17.2 Å². The molecule has 2 rings (SSSR count). The highest BCUT2D eigenvalue weighted by Crippen LogP contribution is 2.28. The molecule has 2 N–H and O–H groups in total. The Morgan fingerprint density at radius 1 is 0.870 bits per heavy atom. The molecule has 0 unspecified atom stereocenters. The third kappa shape index (κ3) is 4.89. The van der Waals surface area contributed by atoms with Crippen LogP contribution in [0.2, 0.25) is 0 Å². The fourth-order valence-electron chi connectivity index (χ4n) is 2.27. The predicted octanol–water partition coefficient (Wildman–Crippen LogP) is 3.27. The van der Waals surface area contributed by atoms with Crippen LogP contribution in [0.25, 0.3) is 0 Å². The monoisotopic (exact) mass is 315 g/mol. The van der Waals surface area contributed by atoms with Gasteiger partial charge in [-0.3, -0.25) is 0 Å². The molecule has 0 radical (unpaired) electrons. The summed E-state index contributed by atoms with van der Waals surface area (Å²) in [7, 11) is 1.64. The van der Waals surface area contributed by atoms with Crippen LogP contribution >= 0.6 is 0 Å². The number of rotatable bonds is 8. The first-order valence-electron chi connectivity index (χ1n) is 7.84. The number of hydrogen-bond donors (Lipinski definition) is 1. The molecule has 0 saturated carbocycles. The van der Waals surface area contributed by atoms with E-state index >= 15 is 0 Å². The van der Waals surface area contributed by atoms with E-state index in [0.717, 1.165) is 29.2 Å². The Morgan fingerprint density at radius 2 is 1.65 bits per heavy atom. The van der Waals surface area contributed by atoms with Gasteiger partial charge in [-0.25, -0.2) is 0 Å². The summed E-state index contributed by atoms with van der Waals surface area (Å²) in [6.07, 6.45) is 0.819. The zero-order valence-corrected chi connectivity index (χ0v) is 14.1. The van der Waals surface area contributed by atoms with Crippen molar-refractivity contribution in [2.75, 3.05) is 26.9 Å². The molecular formula is C19H25NO3. The van der Waals surface area contributed by atoms with Crippen LogP contribution in [0.1, 0.15) is 16.7 Å². The average Bonchev–Trinajstić information content (AvgIpc) is 2.55. The summed E-state index contributed by atoms with van der Waals surface area (Å²) in [5.41, 5.74) is 9.22. The van der Waals surface area contributed by atoms with E-state index in [-0.39, 0.29) is 0 Å². The van der Waals surface area contributed by atoms with Crippen LogP contribution in [-0.4, -0.2) is 26.9 Å². The molecule has 0 heterocycles. The highest BCUT2D eigenvalue weighted by atomic mass is 16.5. The van der Waals surface area contributed by atoms with Gasteiger partial charge in [-0.15, -0.1) is 0 Å². The summed E-state index contributed by atoms with van der Waals surface area (Å²) in [4.78, 5) is 0. The van der Waals surface area contributed by atoms with E-state index in [9.17, 15) is 0 Å². The number of aryl methyl sites for hydroxylation is 2. The van der Waals surface area contributed by atoms with Gasteiger partial charge in [0.25, 0.3) is 0 Å². The molecule has 2 aromatic carbocycles. The van der Waals surface area contributed by atoms with Crippen molar-refractivity contribution < 1.29 is 14.2 Å². The van der Waals surface area contributed by atoms with Gasteiger partial charge in [0.05, 0.1) is 7.11 Å². The Kier molecular flexibility index (Phi) is 6.29. The first kappa shape index (κ1) is 17.2. The zero-order chi connectivity index (χ0) is 16.7. The lowest BCUT2D eigenvalue weighted by Gasteiger charge is -2.13. The molecule has 23 heavy (non-hydrogen) atoms.